The first-order valence-corrected chi connectivity index (χ1v) is 4.69. The molecule has 0 saturated carbocycles. The van der Waals surface area contributed by atoms with Crippen molar-refractivity contribution in [3.8, 4) is 0 Å². The second kappa shape index (κ2) is 3.43. The highest BCUT2D eigenvalue weighted by molar-refractivity contribution is 5.99. The number of hydrogen-bond acceptors (Lipinski definition) is 4. The summed E-state index contributed by atoms with van der Waals surface area (Å²) in [7, 11) is 0. The van der Waals surface area contributed by atoms with E-state index in [0.29, 0.717) is 11.3 Å². The molecule has 0 aliphatic heterocycles. The molecule has 15 heavy (non-hydrogen) atoms. The van der Waals surface area contributed by atoms with Gasteiger partial charge in [0.1, 0.15) is 17.7 Å². The molecule has 0 fully saturated rings. The zero-order valence-corrected chi connectivity index (χ0v) is 8.64. The van der Waals surface area contributed by atoms with Gasteiger partial charge in [-0.1, -0.05) is 0 Å². The summed E-state index contributed by atoms with van der Waals surface area (Å²) in [5.41, 5.74) is 7.47. The number of Topliss-reactive ketones (excluding diaryl/α,β-unsaturated/α-hetero) is 1. The SMILES string of the molecule is Cc1c(C(=O)C(C)N)nc2ccncn12. The van der Waals surface area contributed by atoms with Gasteiger partial charge in [-0.3, -0.25) is 9.20 Å². The number of carbonyl (C=O) groups is 1. The Labute approximate surface area is 87.0 Å². The number of nitrogens with zero attached hydrogens (tertiary/aromatic N) is 3. The summed E-state index contributed by atoms with van der Waals surface area (Å²) in [6.45, 7) is 3.49. The van der Waals surface area contributed by atoms with E-state index >= 15 is 0 Å². The number of rotatable bonds is 2. The molecule has 78 valence electrons. The van der Waals surface area contributed by atoms with Crippen molar-refractivity contribution in [2.75, 3.05) is 0 Å². The van der Waals surface area contributed by atoms with Crippen molar-refractivity contribution in [1.29, 1.82) is 0 Å². The molecular weight excluding hydrogens is 192 g/mol. The summed E-state index contributed by atoms with van der Waals surface area (Å²) in [5.74, 6) is -0.142. The van der Waals surface area contributed by atoms with Crippen LogP contribution < -0.4 is 5.73 Å². The molecular formula is C10H12N4O. The minimum absolute atomic E-state index is 0.142. The Morgan fingerprint density at radius 1 is 1.60 bits per heavy atom. The van der Waals surface area contributed by atoms with E-state index in [0.717, 1.165) is 5.69 Å². The summed E-state index contributed by atoms with van der Waals surface area (Å²) < 4.78 is 1.77. The Morgan fingerprint density at radius 2 is 2.33 bits per heavy atom. The second-order valence-corrected chi connectivity index (χ2v) is 3.51. The molecule has 0 aliphatic rings. The van der Waals surface area contributed by atoms with Crippen molar-refractivity contribution in [2.45, 2.75) is 19.9 Å². The molecule has 1 unspecified atom stereocenters. The average Bonchev–Trinajstić information content (AvgIpc) is 2.56. The van der Waals surface area contributed by atoms with Gasteiger partial charge in [0.15, 0.2) is 5.78 Å². The maximum absolute atomic E-state index is 11.7. The average molecular weight is 204 g/mol. The molecule has 5 nitrogen and oxygen atoms in total. The third-order valence-corrected chi connectivity index (χ3v) is 2.32. The smallest absolute Gasteiger partial charge is 0.199 e. The molecule has 0 aromatic carbocycles. The highest BCUT2D eigenvalue weighted by atomic mass is 16.1. The van der Waals surface area contributed by atoms with Crippen LogP contribution in [0.5, 0.6) is 0 Å². The fraction of sp³-hybridized carbons (Fsp3) is 0.300. The third kappa shape index (κ3) is 1.50. The van der Waals surface area contributed by atoms with Gasteiger partial charge in [0.05, 0.1) is 11.7 Å². The van der Waals surface area contributed by atoms with Gasteiger partial charge < -0.3 is 5.73 Å². The lowest BCUT2D eigenvalue weighted by molar-refractivity contribution is 0.0963. The lowest BCUT2D eigenvalue weighted by atomic mass is 10.1. The van der Waals surface area contributed by atoms with E-state index in [1.165, 1.54) is 0 Å². The molecule has 2 heterocycles. The van der Waals surface area contributed by atoms with Gasteiger partial charge in [-0.05, 0) is 19.9 Å². The molecule has 0 saturated heterocycles. The zero-order valence-electron chi connectivity index (χ0n) is 8.64. The van der Waals surface area contributed by atoms with E-state index < -0.39 is 6.04 Å². The van der Waals surface area contributed by atoms with Crippen LogP contribution in [0.15, 0.2) is 18.6 Å². The topological polar surface area (TPSA) is 73.3 Å². The Hall–Kier alpha value is -1.75. The first-order valence-electron chi connectivity index (χ1n) is 4.69. The van der Waals surface area contributed by atoms with E-state index in [-0.39, 0.29) is 5.78 Å². The lowest BCUT2D eigenvalue weighted by Crippen LogP contribution is -2.27. The third-order valence-electron chi connectivity index (χ3n) is 2.32. The first kappa shape index (κ1) is 9.79. The minimum Gasteiger partial charge on any atom is -0.321 e. The molecule has 0 amide bonds. The Morgan fingerprint density at radius 3 is 2.93 bits per heavy atom. The summed E-state index contributed by atoms with van der Waals surface area (Å²) in [6.07, 6.45) is 3.28. The van der Waals surface area contributed by atoms with E-state index in [2.05, 4.69) is 9.97 Å². The molecule has 2 aromatic heterocycles. The number of ketones is 1. The van der Waals surface area contributed by atoms with E-state index in [9.17, 15) is 4.79 Å². The van der Waals surface area contributed by atoms with Crippen LogP contribution in [0.25, 0.3) is 5.65 Å². The van der Waals surface area contributed by atoms with E-state index in [4.69, 9.17) is 5.73 Å². The maximum Gasteiger partial charge on any atom is 0.199 e. The molecule has 2 N–H and O–H groups in total. The zero-order chi connectivity index (χ0) is 11.0. The van der Waals surface area contributed by atoms with Gasteiger partial charge in [0.2, 0.25) is 0 Å². The summed E-state index contributed by atoms with van der Waals surface area (Å²) in [4.78, 5) is 19.9. The van der Waals surface area contributed by atoms with Crippen LogP contribution in [0, 0.1) is 6.92 Å². The van der Waals surface area contributed by atoms with Crippen LogP contribution in [-0.4, -0.2) is 26.2 Å². The summed E-state index contributed by atoms with van der Waals surface area (Å²) in [5, 5.41) is 0. The molecule has 2 rings (SSSR count). The van der Waals surface area contributed by atoms with Crippen LogP contribution in [0.2, 0.25) is 0 Å². The van der Waals surface area contributed by atoms with Gasteiger partial charge >= 0.3 is 0 Å². The van der Waals surface area contributed by atoms with Gasteiger partial charge in [-0.2, -0.15) is 0 Å². The van der Waals surface area contributed by atoms with Crippen LogP contribution >= 0.6 is 0 Å². The highest BCUT2D eigenvalue weighted by Gasteiger charge is 2.18. The van der Waals surface area contributed by atoms with Crippen molar-refractivity contribution in [3.05, 3.63) is 30.0 Å². The Bertz CT molecular complexity index is 515. The van der Waals surface area contributed by atoms with E-state index in [1.807, 2.05) is 6.92 Å². The van der Waals surface area contributed by atoms with Crippen molar-refractivity contribution in [1.82, 2.24) is 14.4 Å². The van der Waals surface area contributed by atoms with Gasteiger partial charge in [0, 0.05) is 6.20 Å². The molecule has 0 bridgehead atoms. The van der Waals surface area contributed by atoms with Crippen LogP contribution in [0.1, 0.15) is 23.1 Å². The number of aryl methyl sites for hydroxylation is 1. The second-order valence-electron chi connectivity index (χ2n) is 3.51. The van der Waals surface area contributed by atoms with Crippen LogP contribution in [0.3, 0.4) is 0 Å². The predicted octanol–water partition coefficient (Wildman–Crippen LogP) is 0.568. The number of nitrogens with two attached hydrogens (primary N) is 1. The van der Waals surface area contributed by atoms with Crippen molar-refractivity contribution < 1.29 is 4.79 Å². The fourth-order valence-corrected chi connectivity index (χ4v) is 1.46. The van der Waals surface area contributed by atoms with Crippen molar-refractivity contribution >= 4 is 11.4 Å². The minimum atomic E-state index is -0.526. The molecule has 2 aromatic rings. The van der Waals surface area contributed by atoms with Gasteiger partial charge in [-0.25, -0.2) is 9.97 Å². The molecule has 0 radical (unpaired) electrons. The molecule has 0 aliphatic carbocycles. The summed E-state index contributed by atoms with van der Waals surface area (Å²) >= 11 is 0. The molecule has 5 heteroatoms. The Kier molecular flexibility index (Phi) is 2.24. The predicted molar refractivity (Wildman–Crippen MR) is 55.7 cm³/mol. The number of fused-ring (bicyclic) bond motifs is 1. The van der Waals surface area contributed by atoms with Crippen LogP contribution in [-0.2, 0) is 0 Å². The fourth-order valence-electron chi connectivity index (χ4n) is 1.46. The molecule has 0 spiro atoms. The monoisotopic (exact) mass is 204 g/mol. The highest BCUT2D eigenvalue weighted by Crippen LogP contribution is 2.11. The van der Waals surface area contributed by atoms with Crippen molar-refractivity contribution in [2.24, 2.45) is 5.73 Å². The molecule has 1 atom stereocenters. The van der Waals surface area contributed by atoms with Gasteiger partial charge in [0.25, 0.3) is 0 Å². The maximum atomic E-state index is 11.7. The normalized spacial score (nSPS) is 13.0. The number of aromatic nitrogens is 3. The van der Waals surface area contributed by atoms with Crippen LogP contribution in [0.4, 0.5) is 0 Å². The largest absolute Gasteiger partial charge is 0.321 e. The van der Waals surface area contributed by atoms with E-state index in [1.54, 1.807) is 29.9 Å². The first-order chi connectivity index (χ1) is 7.11. The van der Waals surface area contributed by atoms with Crippen molar-refractivity contribution in [3.63, 3.8) is 0 Å². The Balaban J connectivity index is 2.63. The summed E-state index contributed by atoms with van der Waals surface area (Å²) in [6, 6.07) is 1.23. The number of imidazole rings is 1. The lowest BCUT2D eigenvalue weighted by Gasteiger charge is -2.01. The van der Waals surface area contributed by atoms with Gasteiger partial charge in [-0.15, -0.1) is 0 Å². The number of hydrogen-bond donors (Lipinski definition) is 1. The quantitative estimate of drug-likeness (QED) is 0.726. The standard InChI is InChI=1S/C10H12N4O/c1-6(11)10(15)9-7(2)14-5-12-4-3-8(14)13-9/h3-6H,11H2,1-2H3. The number of carbonyl (C=O) groups excluding carboxylic acids is 1.